The van der Waals surface area contributed by atoms with Gasteiger partial charge in [-0.05, 0) is 24.0 Å². The van der Waals surface area contributed by atoms with E-state index in [1.807, 2.05) is 12.1 Å². The van der Waals surface area contributed by atoms with Crippen LogP contribution in [0.2, 0.25) is 0 Å². The van der Waals surface area contributed by atoms with Crippen LogP contribution >= 0.6 is 0 Å². The Kier molecular flexibility index (Phi) is 5.48. The Morgan fingerprint density at radius 2 is 2.11 bits per heavy atom. The summed E-state index contributed by atoms with van der Waals surface area (Å²) in [6.07, 6.45) is 4.10. The maximum atomic E-state index is 12.1. The zero-order valence-electron chi connectivity index (χ0n) is 11.5. The number of amides is 1. The Morgan fingerprint density at radius 3 is 2.58 bits per heavy atom. The van der Waals surface area contributed by atoms with E-state index in [-0.39, 0.29) is 11.8 Å². The summed E-state index contributed by atoms with van der Waals surface area (Å²) in [7, 11) is 1.64. The topological polar surface area (TPSA) is 70.5 Å². The number of carboxylic acid groups (broad SMARTS) is 1. The van der Waals surface area contributed by atoms with Crippen LogP contribution in [-0.2, 0) is 16.0 Å². The number of rotatable bonds is 6. The van der Waals surface area contributed by atoms with Gasteiger partial charge in [-0.15, -0.1) is 0 Å². The summed E-state index contributed by atoms with van der Waals surface area (Å²) in [5.41, 5.74) is 1.03. The van der Waals surface area contributed by atoms with Crippen LogP contribution in [0.25, 0.3) is 0 Å². The lowest BCUT2D eigenvalue weighted by Gasteiger charge is -2.23. The molecule has 0 aliphatic rings. The first-order valence-corrected chi connectivity index (χ1v) is 6.30. The fourth-order valence-electron chi connectivity index (χ4n) is 1.87. The Morgan fingerprint density at radius 1 is 1.42 bits per heavy atom. The van der Waals surface area contributed by atoms with Crippen molar-refractivity contribution >= 4 is 11.9 Å². The quantitative estimate of drug-likeness (QED) is 0.789. The molecular weight excluding hydrogens is 244 g/mol. The van der Waals surface area contributed by atoms with Crippen molar-refractivity contribution in [2.75, 3.05) is 13.6 Å². The third kappa shape index (κ3) is 4.35. The van der Waals surface area contributed by atoms with Crippen LogP contribution < -0.4 is 0 Å². The lowest BCUT2D eigenvalue weighted by molar-refractivity contribution is -0.152. The molecule has 1 aromatic rings. The van der Waals surface area contributed by atoms with Crippen LogP contribution in [-0.4, -0.2) is 40.5 Å². The zero-order valence-corrected chi connectivity index (χ0v) is 11.5. The highest BCUT2D eigenvalue weighted by atomic mass is 16.4. The molecule has 0 radical (unpaired) electrons. The van der Waals surface area contributed by atoms with E-state index in [0.29, 0.717) is 13.0 Å². The number of nitrogens with zero attached hydrogens (tertiary/aromatic N) is 2. The van der Waals surface area contributed by atoms with E-state index in [0.717, 1.165) is 5.56 Å². The van der Waals surface area contributed by atoms with E-state index in [1.54, 1.807) is 33.3 Å². The van der Waals surface area contributed by atoms with Crippen molar-refractivity contribution in [3.8, 4) is 0 Å². The van der Waals surface area contributed by atoms with Crippen LogP contribution in [0, 0.1) is 11.8 Å². The summed E-state index contributed by atoms with van der Waals surface area (Å²) < 4.78 is 0. The number of pyridine rings is 1. The molecule has 0 saturated heterocycles. The molecule has 0 aliphatic heterocycles. The highest BCUT2D eigenvalue weighted by molar-refractivity contribution is 5.97. The number of likely N-dealkylation sites (N-methyl/N-ethyl adjacent to an activating group) is 1. The molecule has 1 N–H and O–H groups in total. The number of carbonyl (C=O) groups excluding carboxylic acids is 1. The second-order valence-electron chi connectivity index (χ2n) is 4.93. The molecule has 0 bridgehead atoms. The van der Waals surface area contributed by atoms with Gasteiger partial charge < -0.3 is 10.0 Å². The molecule has 0 aliphatic carbocycles. The predicted molar refractivity (Wildman–Crippen MR) is 71.5 cm³/mol. The standard InChI is InChI=1S/C14H20N2O3/c1-10(2)12(14(18)19)13(17)16(3)8-6-11-5-4-7-15-9-11/h4-5,7,9-10,12H,6,8H2,1-3H3,(H,18,19). The van der Waals surface area contributed by atoms with Crippen LogP contribution in [0.5, 0.6) is 0 Å². The number of aliphatic carboxylic acids is 1. The Bertz CT molecular complexity index is 432. The third-order valence-corrected chi connectivity index (χ3v) is 3.03. The second-order valence-corrected chi connectivity index (χ2v) is 4.93. The molecule has 1 amide bonds. The maximum absolute atomic E-state index is 12.1. The monoisotopic (exact) mass is 264 g/mol. The Balaban J connectivity index is 2.59. The van der Waals surface area contributed by atoms with Crippen molar-refractivity contribution in [1.82, 2.24) is 9.88 Å². The third-order valence-electron chi connectivity index (χ3n) is 3.03. The fraction of sp³-hybridized carbons (Fsp3) is 0.500. The second kappa shape index (κ2) is 6.87. The molecule has 5 nitrogen and oxygen atoms in total. The van der Waals surface area contributed by atoms with Crippen LogP contribution in [0.3, 0.4) is 0 Å². The van der Waals surface area contributed by atoms with E-state index in [4.69, 9.17) is 5.11 Å². The predicted octanol–water partition coefficient (Wildman–Crippen LogP) is 1.44. The Hall–Kier alpha value is -1.91. The summed E-state index contributed by atoms with van der Waals surface area (Å²) in [4.78, 5) is 28.7. The van der Waals surface area contributed by atoms with Gasteiger partial charge in [0.1, 0.15) is 5.92 Å². The highest BCUT2D eigenvalue weighted by Gasteiger charge is 2.31. The van der Waals surface area contributed by atoms with Crippen LogP contribution in [0.15, 0.2) is 24.5 Å². The minimum absolute atomic E-state index is 0.217. The van der Waals surface area contributed by atoms with Gasteiger partial charge in [0.05, 0.1) is 0 Å². The molecule has 0 fully saturated rings. The fourth-order valence-corrected chi connectivity index (χ4v) is 1.87. The van der Waals surface area contributed by atoms with E-state index in [2.05, 4.69) is 4.98 Å². The number of hydrogen-bond acceptors (Lipinski definition) is 3. The van der Waals surface area contributed by atoms with Crippen LogP contribution in [0.1, 0.15) is 19.4 Å². The minimum Gasteiger partial charge on any atom is -0.481 e. The van der Waals surface area contributed by atoms with Crippen LogP contribution in [0.4, 0.5) is 0 Å². The van der Waals surface area contributed by atoms with Gasteiger partial charge in [0, 0.05) is 26.0 Å². The molecule has 0 saturated carbocycles. The first-order chi connectivity index (χ1) is 8.93. The first-order valence-electron chi connectivity index (χ1n) is 6.30. The molecule has 1 atom stereocenters. The van der Waals surface area contributed by atoms with Gasteiger partial charge in [0.2, 0.25) is 5.91 Å². The van der Waals surface area contributed by atoms with Gasteiger partial charge in [-0.2, -0.15) is 0 Å². The lowest BCUT2D eigenvalue weighted by Crippen LogP contribution is -2.40. The van der Waals surface area contributed by atoms with Crippen molar-refractivity contribution in [3.63, 3.8) is 0 Å². The number of hydrogen-bond donors (Lipinski definition) is 1. The summed E-state index contributed by atoms with van der Waals surface area (Å²) in [6, 6.07) is 3.77. The molecule has 1 unspecified atom stereocenters. The molecule has 1 rings (SSSR count). The van der Waals surface area contributed by atoms with Crippen molar-refractivity contribution in [1.29, 1.82) is 0 Å². The van der Waals surface area contributed by atoms with E-state index in [9.17, 15) is 9.59 Å². The first kappa shape index (κ1) is 15.1. The minimum atomic E-state index is -1.06. The van der Waals surface area contributed by atoms with Crippen molar-refractivity contribution in [2.24, 2.45) is 11.8 Å². The van der Waals surface area contributed by atoms with Gasteiger partial charge in [0.25, 0.3) is 0 Å². The summed E-state index contributed by atoms with van der Waals surface area (Å²) in [5.74, 6) is -2.59. The average molecular weight is 264 g/mol. The Labute approximate surface area is 113 Å². The van der Waals surface area contributed by atoms with E-state index >= 15 is 0 Å². The number of carbonyl (C=O) groups is 2. The van der Waals surface area contributed by atoms with Gasteiger partial charge in [-0.25, -0.2) is 0 Å². The molecule has 0 aromatic carbocycles. The summed E-state index contributed by atoms with van der Waals surface area (Å²) >= 11 is 0. The molecule has 104 valence electrons. The van der Waals surface area contributed by atoms with Gasteiger partial charge in [-0.1, -0.05) is 19.9 Å². The summed E-state index contributed by atoms with van der Waals surface area (Å²) in [5, 5.41) is 9.09. The van der Waals surface area contributed by atoms with Gasteiger partial charge in [-0.3, -0.25) is 14.6 Å². The SMILES string of the molecule is CC(C)C(C(=O)O)C(=O)N(C)CCc1cccnc1. The lowest BCUT2D eigenvalue weighted by atomic mass is 9.94. The normalized spacial score (nSPS) is 12.2. The van der Waals surface area contributed by atoms with Gasteiger partial charge in [0.15, 0.2) is 0 Å². The number of carboxylic acids is 1. The molecule has 1 aromatic heterocycles. The van der Waals surface area contributed by atoms with Crippen molar-refractivity contribution < 1.29 is 14.7 Å². The maximum Gasteiger partial charge on any atom is 0.316 e. The van der Waals surface area contributed by atoms with Crippen molar-refractivity contribution in [3.05, 3.63) is 30.1 Å². The largest absolute Gasteiger partial charge is 0.481 e. The smallest absolute Gasteiger partial charge is 0.316 e. The molecule has 5 heteroatoms. The summed E-state index contributed by atoms with van der Waals surface area (Å²) in [6.45, 7) is 3.97. The highest BCUT2D eigenvalue weighted by Crippen LogP contribution is 2.14. The molecule has 19 heavy (non-hydrogen) atoms. The van der Waals surface area contributed by atoms with Gasteiger partial charge >= 0.3 is 5.97 Å². The van der Waals surface area contributed by atoms with E-state index in [1.165, 1.54) is 4.90 Å². The zero-order chi connectivity index (χ0) is 14.4. The molecule has 0 spiro atoms. The average Bonchev–Trinajstić information content (AvgIpc) is 2.36. The molecular formula is C14H20N2O3. The molecule has 1 heterocycles. The van der Waals surface area contributed by atoms with Crippen molar-refractivity contribution in [2.45, 2.75) is 20.3 Å². The number of aromatic nitrogens is 1. The van der Waals surface area contributed by atoms with E-state index < -0.39 is 11.9 Å².